The molecule has 0 amide bonds. The van der Waals surface area contributed by atoms with E-state index in [9.17, 15) is 24.0 Å². The van der Waals surface area contributed by atoms with E-state index < -0.39 is 60.2 Å². The van der Waals surface area contributed by atoms with Gasteiger partial charge in [0.05, 0.1) is 7.11 Å². The summed E-state index contributed by atoms with van der Waals surface area (Å²) in [5, 5.41) is 0. The van der Waals surface area contributed by atoms with Crippen LogP contribution >= 0.6 is 0 Å². The maximum atomic E-state index is 12.8. The quantitative estimate of drug-likeness (QED) is 0.240. The fourth-order valence-electron chi connectivity index (χ4n) is 8.62. The Kier molecular flexibility index (Phi) is 9.60. The summed E-state index contributed by atoms with van der Waals surface area (Å²) in [5.41, 5.74) is 1.10. The number of carbonyl (C=O) groups is 5. The van der Waals surface area contributed by atoms with E-state index in [4.69, 9.17) is 39.6 Å². The molecule has 0 N–H and O–H groups in total. The van der Waals surface area contributed by atoms with E-state index >= 15 is 0 Å². The van der Waals surface area contributed by atoms with Crippen molar-refractivity contribution in [1.29, 1.82) is 0 Å². The van der Waals surface area contributed by atoms with Crippen LogP contribution < -0.4 is 4.74 Å². The van der Waals surface area contributed by atoms with Gasteiger partial charge in [-0.3, -0.25) is 19.2 Å². The Balaban J connectivity index is 1.42. The number of benzene rings is 1. The molecule has 3 aliphatic carbocycles. The van der Waals surface area contributed by atoms with Crippen molar-refractivity contribution in [2.24, 2.45) is 17.3 Å². The molecule has 0 spiro atoms. The van der Waals surface area contributed by atoms with Crippen molar-refractivity contribution >= 4 is 29.8 Å². The van der Waals surface area contributed by atoms with E-state index in [-0.39, 0.29) is 17.3 Å². The Morgan fingerprint density at radius 2 is 1.53 bits per heavy atom. The standard InChI is InChI=1S/C35H42O12/c1-8-35(47-21(5)39)16-14-27-26-11-9-22-17-23(10-12-24(22)25(26)13-15-34(27,35)6)45-33-31(44-20(4)38)29(43-19(3)37)28(42-18(2)36)30(46-33)32(40)41-7/h1,10,12,17,25-31,33H,9,11,13-16H2,2-7H3/t25-,26-,27+,28+,29+,30?,31+,33-,34+,35+/m1/s1. The van der Waals surface area contributed by atoms with Crippen LogP contribution in [0.1, 0.15) is 83.8 Å². The summed E-state index contributed by atoms with van der Waals surface area (Å²) in [5.74, 6) is 0.676. The SMILES string of the molecule is C#C[C@]1(OC(C)=O)CC[C@H]2[C@@H]3CCc4cc(O[C@@H]5OC(C(=O)OC)[C@@H](OC(C)=O)[C@H](OC(C)=O)[C@@H]5OC(C)=O)ccc4[C@H]3CC[C@@]21C. The van der Waals surface area contributed by atoms with Gasteiger partial charge in [-0.25, -0.2) is 4.79 Å². The van der Waals surface area contributed by atoms with Crippen LogP contribution in [0.25, 0.3) is 0 Å². The number of hydrogen-bond acceptors (Lipinski definition) is 12. The van der Waals surface area contributed by atoms with Crippen molar-refractivity contribution in [3.63, 3.8) is 0 Å². The molecule has 5 rings (SSSR count). The zero-order valence-corrected chi connectivity index (χ0v) is 27.6. The first-order valence-corrected chi connectivity index (χ1v) is 16.0. The predicted molar refractivity (Wildman–Crippen MR) is 162 cm³/mol. The highest BCUT2D eigenvalue weighted by Gasteiger charge is 2.63. The Morgan fingerprint density at radius 3 is 2.15 bits per heavy atom. The first kappa shape index (κ1) is 34.2. The number of carbonyl (C=O) groups excluding carboxylic acids is 5. The summed E-state index contributed by atoms with van der Waals surface area (Å²) < 4.78 is 39.1. The van der Waals surface area contributed by atoms with Crippen LogP contribution in [0.2, 0.25) is 0 Å². The molecule has 0 radical (unpaired) electrons. The number of aryl methyl sites for hydroxylation is 1. The van der Waals surface area contributed by atoms with E-state index in [1.54, 1.807) is 6.07 Å². The van der Waals surface area contributed by atoms with Crippen LogP contribution in [0.3, 0.4) is 0 Å². The molecule has 0 bridgehead atoms. The van der Waals surface area contributed by atoms with E-state index in [0.717, 1.165) is 65.5 Å². The molecule has 1 aromatic rings. The minimum atomic E-state index is -1.55. The van der Waals surface area contributed by atoms with E-state index in [0.29, 0.717) is 24.0 Å². The van der Waals surface area contributed by atoms with Gasteiger partial charge in [-0.15, -0.1) is 6.42 Å². The van der Waals surface area contributed by atoms with Gasteiger partial charge >= 0.3 is 29.8 Å². The maximum absolute atomic E-state index is 12.8. The van der Waals surface area contributed by atoms with Crippen LogP contribution in [-0.4, -0.2) is 73.3 Å². The van der Waals surface area contributed by atoms with E-state index in [1.165, 1.54) is 12.5 Å². The zero-order chi connectivity index (χ0) is 34.3. The Hall–Kier alpha value is -4.11. The zero-order valence-electron chi connectivity index (χ0n) is 27.6. The predicted octanol–water partition coefficient (Wildman–Crippen LogP) is 3.55. The molecule has 0 aromatic heterocycles. The molecule has 2 saturated carbocycles. The highest BCUT2D eigenvalue weighted by Crippen LogP contribution is 2.65. The number of methoxy groups -OCH3 is 1. The molecule has 10 atom stereocenters. The van der Waals surface area contributed by atoms with Crippen molar-refractivity contribution in [1.82, 2.24) is 0 Å². The number of rotatable bonds is 7. The molecule has 1 heterocycles. The largest absolute Gasteiger partial charge is 0.467 e. The van der Waals surface area contributed by atoms with Crippen LogP contribution in [0.15, 0.2) is 18.2 Å². The Bertz CT molecular complexity index is 1480. The summed E-state index contributed by atoms with van der Waals surface area (Å²) in [6.45, 7) is 6.99. The van der Waals surface area contributed by atoms with Gasteiger partial charge in [0, 0.05) is 33.1 Å². The molecule has 1 aromatic carbocycles. The van der Waals surface area contributed by atoms with Gasteiger partial charge in [-0.2, -0.15) is 0 Å². The van der Waals surface area contributed by atoms with Crippen LogP contribution in [-0.2, 0) is 58.8 Å². The molecule has 1 saturated heterocycles. The lowest BCUT2D eigenvalue weighted by Gasteiger charge is -2.52. The van der Waals surface area contributed by atoms with Gasteiger partial charge in [0.15, 0.2) is 23.9 Å². The summed E-state index contributed by atoms with van der Waals surface area (Å²) in [4.78, 5) is 61.1. The second-order valence-electron chi connectivity index (χ2n) is 13.1. The van der Waals surface area contributed by atoms with Crippen molar-refractivity contribution in [2.45, 2.75) is 115 Å². The van der Waals surface area contributed by atoms with Crippen LogP contribution in [0.5, 0.6) is 5.75 Å². The fraction of sp³-hybridized carbons (Fsp3) is 0.629. The molecular formula is C35H42O12. The van der Waals surface area contributed by atoms with E-state index in [2.05, 4.69) is 12.8 Å². The summed E-state index contributed by atoms with van der Waals surface area (Å²) >= 11 is 0. The number of ether oxygens (including phenoxy) is 7. The lowest BCUT2D eigenvalue weighted by molar-refractivity contribution is -0.282. The van der Waals surface area contributed by atoms with Crippen molar-refractivity contribution in [2.75, 3.05) is 7.11 Å². The molecule has 1 unspecified atom stereocenters. The third-order valence-corrected chi connectivity index (χ3v) is 10.5. The first-order chi connectivity index (χ1) is 22.2. The van der Waals surface area contributed by atoms with E-state index in [1.807, 2.05) is 12.1 Å². The summed E-state index contributed by atoms with van der Waals surface area (Å²) in [7, 11) is 1.13. The fourth-order valence-corrected chi connectivity index (χ4v) is 8.62. The van der Waals surface area contributed by atoms with Crippen molar-refractivity contribution < 1.29 is 57.1 Å². The average molecular weight is 655 g/mol. The molecule has 12 nitrogen and oxygen atoms in total. The minimum Gasteiger partial charge on any atom is -0.467 e. The average Bonchev–Trinajstić information content (AvgIpc) is 3.30. The third-order valence-electron chi connectivity index (χ3n) is 10.5. The van der Waals surface area contributed by atoms with Crippen LogP contribution in [0, 0.1) is 29.6 Å². The highest BCUT2D eigenvalue weighted by molar-refractivity contribution is 5.77. The molecule has 3 fully saturated rings. The number of hydrogen-bond donors (Lipinski definition) is 0. The summed E-state index contributed by atoms with van der Waals surface area (Å²) in [6, 6.07) is 5.71. The lowest BCUT2D eigenvalue weighted by atomic mass is 9.53. The van der Waals surface area contributed by atoms with Crippen molar-refractivity contribution in [3.05, 3.63) is 29.3 Å². The van der Waals surface area contributed by atoms with Gasteiger partial charge in [0.1, 0.15) is 5.75 Å². The molecule has 12 heteroatoms. The number of terminal acetylenes is 1. The molecule has 1 aliphatic heterocycles. The lowest BCUT2D eigenvalue weighted by Crippen LogP contribution is -2.64. The van der Waals surface area contributed by atoms with Crippen LogP contribution in [0.4, 0.5) is 0 Å². The molecular weight excluding hydrogens is 612 g/mol. The Morgan fingerprint density at radius 1 is 0.872 bits per heavy atom. The van der Waals surface area contributed by atoms with Gasteiger partial charge in [-0.05, 0) is 79.5 Å². The van der Waals surface area contributed by atoms with Gasteiger partial charge in [0.25, 0.3) is 0 Å². The Labute approximate surface area is 274 Å². The number of fused-ring (bicyclic) bond motifs is 5. The van der Waals surface area contributed by atoms with Crippen molar-refractivity contribution in [3.8, 4) is 18.1 Å². The minimum absolute atomic E-state index is 0.290. The smallest absolute Gasteiger partial charge is 0.339 e. The normalized spacial score (nSPS) is 35.4. The van der Waals surface area contributed by atoms with Gasteiger partial charge in [0.2, 0.25) is 12.4 Å². The topological polar surface area (TPSA) is 150 Å². The molecule has 4 aliphatic rings. The second kappa shape index (κ2) is 13.2. The molecule has 47 heavy (non-hydrogen) atoms. The first-order valence-electron chi connectivity index (χ1n) is 16.0. The third kappa shape index (κ3) is 6.30. The number of esters is 5. The monoisotopic (exact) mass is 654 g/mol. The summed E-state index contributed by atoms with van der Waals surface area (Å²) in [6.07, 6.45) is 3.68. The van der Waals surface area contributed by atoms with Gasteiger partial charge in [-0.1, -0.05) is 18.9 Å². The second-order valence-corrected chi connectivity index (χ2v) is 13.1. The maximum Gasteiger partial charge on any atom is 0.339 e. The highest BCUT2D eigenvalue weighted by atomic mass is 16.7. The van der Waals surface area contributed by atoms with Gasteiger partial charge < -0.3 is 33.2 Å². The molecule has 254 valence electrons.